The molecule has 4 nitrogen and oxygen atoms in total. The van der Waals surface area contributed by atoms with E-state index in [0.29, 0.717) is 0 Å². The standard InChI is InChI=1S/C25H32N2O2/c1-5-27(6-2)16-7-17-28-23-15-11-21-18-24(29-25(21)19-23)14-10-20-8-12-22(13-9-20)26(3)4/h8-15,18-19H,5-7,16-17H2,1-4H3/b14-10+. The highest BCUT2D eigenvalue weighted by atomic mass is 16.5. The molecule has 0 radical (unpaired) electrons. The van der Waals surface area contributed by atoms with E-state index in [9.17, 15) is 0 Å². The normalized spacial score (nSPS) is 11.6. The number of benzene rings is 2. The second-order valence-corrected chi connectivity index (χ2v) is 7.40. The number of hydrogen-bond acceptors (Lipinski definition) is 4. The van der Waals surface area contributed by atoms with Crippen molar-refractivity contribution < 1.29 is 9.15 Å². The van der Waals surface area contributed by atoms with Crippen molar-refractivity contribution in [2.24, 2.45) is 0 Å². The molecule has 1 heterocycles. The average Bonchev–Trinajstić information content (AvgIpc) is 3.15. The summed E-state index contributed by atoms with van der Waals surface area (Å²) in [6, 6.07) is 16.6. The van der Waals surface area contributed by atoms with E-state index in [-0.39, 0.29) is 0 Å². The molecule has 0 aliphatic heterocycles. The van der Waals surface area contributed by atoms with Gasteiger partial charge in [0.05, 0.1) is 6.61 Å². The van der Waals surface area contributed by atoms with E-state index in [0.717, 1.165) is 60.7 Å². The van der Waals surface area contributed by atoms with Gasteiger partial charge in [-0.1, -0.05) is 32.1 Å². The van der Waals surface area contributed by atoms with Gasteiger partial charge in [-0.25, -0.2) is 0 Å². The Bertz CT molecular complexity index is 922. The molecule has 0 amide bonds. The fourth-order valence-electron chi connectivity index (χ4n) is 3.28. The summed E-state index contributed by atoms with van der Waals surface area (Å²) in [6.07, 6.45) is 5.11. The Balaban J connectivity index is 1.60. The molecule has 154 valence electrons. The highest BCUT2D eigenvalue weighted by Crippen LogP contribution is 2.25. The summed E-state index contributed by atoms with van der Waals surface area (Å²) in [6.45, 7) is 8.36. The van der Waals surface area contributed by atoms with Crippen LogP contribution in [0.4, 0.5) is 5.69 Å². The van der Waals surface area contributed by atoms with Gasteiger partial charge < -0.3 is 19.0 Å². The Kier molecular flexibility index (Phi) is 7.36. The predicted molar refractivity (Wildman–Crippen MR) is 124 cm³/mol. The largest absolute Gasteiger partial charge is 0.493 e. The smallest absolute Gasteiger partial charge is 0.138 e. The fraction of sp³-hybridized carbons (Fsp3) is 0.360. The van der Waals surface area contributed by atoms with Crippen LogP contribution in [0.5, 0.6) is 5.75 Å². The monoisotopic (exact) mass is 392 g/mol. The minimum Gasteiger partial charge on any atom is -0.493 e. The number of rotatable bonds is 10. The molecule has 3 aromatic rings. The van der Waals surface area contributed by atoms with Crippen LogP contribution in [0.25, 0.3) is 23.1 Å². The van der Waals surface area contributed by atoms with Crippen LogP contribution in [0.15, 0.2) is 52.9 Å². The number of fused-ring (bicyclic) bond motifs is 1. The summed E-state index contributed by atoms with van der Waals surface area (Å²) in [4.78, 5) is 4.50. The second kappa shape index (κ2) is 10.2. The maximum atomic E-state index is 5.99. The maximum Gasteiger partial charge on any atom is 0.138 e. The summed E-state index contributed by atoms with van der Waals surface area (Å²) in [5.74, 6) is 1.71. The van der Waals surface area contributed by atoms with Crippen LogP contribution in [0.3, 0.4) is 0 Å². The van der Waals surface area contributed by atoms with Gasteiger partial charge in [-0.3, -0.25) is 0 Å². The quantitative estimate of drug-likeness (QED) is 0.409. The number of anilines is 1. The first-order valence-corrected chi connectivity index (χ1v) is 10.4. The van der Waals surface area contributed by atoms with Crippen molar-refractivity contribution in [2.45, 2.75) is 20.3 Å². The Morgan fingerprint density at radius 2 is 1.69 bits per heavy atom. The van der Waals surface area contributed by atoms with E-state index < -0.39 is 0 Å². The Morgan fingerprint density at radius 3 is 2.38 bits per heavy atom. The van der Waals surface area contributed by atoms with Crippen molar-refractivity contribution in [2.75, 3.05) is 45.2 Å². The Labute approximate surface area is 174 Å². The molecule has 0 saturated carbocycles. The molecule has 4 heteroatoms. The molecule has 1 aromatic heterocycles. The van der Waals surface area contributed by atoms with Crippen molar-refractivity contribution in [3.8, 4) is 5.75 Å². The molecular formula is C25H32N2O2. The number of nitrogens with zero attached hydrogens (tertiary/aromatic N) is 2. The molecule has 0 bridgehead atoms. The molecule has 0 spiro atoms. The fourth-order valence-corrected chi connectivity index (χ4v) is 3.28. The van der Waals surface area contributed by atoms with Gasteiger partial charge in [0.15, 0.2) is 0 Å². The minimum absolute atomic E-state index is 0.721. The van der Waals surface area contributed by atoms with Crippen molar-refractivity contribution in [1.29, 1.82) is 0 Å². The van der Waals surface area contributed by atoms with Crippen molar-refractivity contribution in [3.63, 3.8) is 0 Å². The number of furan rings is 1. The highest BCUT2D eigenvalue weighted by Gasteiger charge is 2.05. The van der Waals surface area contributed by atoms with Gasteiger partial charge in [0.1, 0.15) is 17.1 Å². The lowest BCUT2D eigenvalue weighted by atomic mass is 10.1. The third-order valence-corrected chi connectivity index (χ3v) is 5.14. The summed E-state index contributed by atoms with van der Waals surface area (Å²) < 4.78 is 11.9. The first-order valence-electron chi connectivity index (χ1n) is 10.4. The van der Waals surface area contributed by atoms with Gasteiger partial charge in [-0.05, 0) is 61.5 Å². The molecule has 0 unspecified atom stereocenters. The van der Waals surface area contributed by atoms with Gasteiger partial charge in [0.25, 0.3) is 0 Å². The molecule has 2 aromatic carbocycles. The number of ether oxygens (including phenoxy) is 1. The predicted octanol–water partition coefficient (Wildman–Crippen LogP) is 5.78. The van der Waals surface area contributed by atoms with Crippen molar-refractivity contribution >= 4 is 28.8 Å². The van der Waals surface area contributed by atoms with Crippen LogP contribution < -0.4 is 9.64 Å². The Morgan fingerprint density at radius 1 is 0.931 bits per heavy atom. The third kappa shape index (κ3) is 5.88. The summed E-state index contributed by atoms with van der Waals surface area (Å²) in [7, 11) is 4.09. The highest BCUT2D eigenvalue weighted by molar-refractivity contribution is 5.83. The van der Waals surface area contributed by atoms with Crippen LogP contribution >= 0.6 is 0 Å². The van der Waals surface area contributed by atoms with Gasteiger partial charge in [0, 0.05) is 37.8 Å². The lowest BCUT2D eigenvalue weighted by Gasteiger charge is -2.17. The minimum atomic E-state index is 0.721. The first kappa shape index (κ1) is 21.0. The van der Waals surface area contributed by atoms with E-state index in [1.807, 2.05) is 32.3 Å². The summed E-state index contributed by atoms with van der Waals surface area (Å²) in [5, 5.41) is 1.09. The van der Waals surface area contributed by atoms with Gasteiger partial charge in [-0.2, -0.15) is 0 Å². The van der Waals surface area contributed by atoms with Gasteiger partial charge in [-0.15, -0.1) is 0 Å². The van der Waals surface area contributed by atoms with Crippen LogP contribution in [0, 0.1) is 0 Å². The Hall–Kier alpha value is -2.72. The van der Waals surface area contributed by atoms with Crippen LogP contribution in [-0.4, -0.2) is 45.2 Å². The second-order valence-electron chi connectivity index (χ2n) is 7.40. The zero-order chi connectivity index (χ0) is 20.6. The van der Waals surface area contributed by atoms with E-state index in [2.05, 4.69) is 66.1 Å². The average molecular weight is 393 g/mol. The SMILES string of the molecule is CCN(CC)CCCOc1ccc2cc(/C=C/c3ccc(N(C)C)cc3)oc2c1. The molecule has 3 rings (SSSR count). The van der Waals surface area contributed by atoms with E-state index in [4.69, 9.17) is 9.15 Å². The molecule has 0 atom stereocenters. The van der Waals surface area contributed by atoms with Crippen LogP contribution in [-0.2, 0) is 0 Å². The summed E-state index contributed by atoms with van der Waals surface area (Å²) >= 11 is 0. The lowest BCUT2D eigenvalue weighted by Crippen LogP contribution is -2.25. The van der Waals surface area contributed by atoms with Gasteiger partial charge in [0.2, 0.25) is 0 Å². The lowest BCUT2D eigenvalue weighted by molar-refractivity contribution is 0.249. The van der Waals surface area contributed by atoms with E-state index in [1.54, 1.807) is 0 Å². The van der Waals surface area contributed by atoms with Crippen molar-refractivity contribution in [3.05, 3.63) is 59.9 Å². The molecule has 29 heavy (non-hydrogen) atoms. The molecular weight excluding hydrogens is 360 g/mol. The molecule has 0 N–H and O–H groups in total. The van der Waals surface area contributed by atoms with Crippen LogP contribution in [0.1, 0.15) is 31.6 Å². The van der Waals surface area contributed by atoms with E-state index in [1.165, 1.54) is 5.69 Å². The van der Waals surface area contributed by atoms with E-state index >= 15 is 0 Å². The number of hydrogen-bond donors (Lipinski definition) is 0. The third-order valence-electron chi connectivity index (χ3n) is 5.14. The van der Waals surface area contributed by atoms with Crippen LogP contribution in [0.2, 0.25) is 0 Å². The molecule has 0 fully saturated rings. The first-order chi connectivity index (χ1) is 14.1. The topological polar surface area (TPSA) is 28.9 Å². The van der Waals surface area contributed by atoms with Crippen molar-refractivity contribution in [1.82, 2.24) is 4.90 Å². The maximum absolute atomic E-state index is 5.99. The summed E-state index contributed by atoms with van der Waals surface area (Å²) in [5.41, 5.74) is 3.19. The van der Waals surface area contributed by atoms with Gasteiger partial charge >= 0.3 is 0 Å². The molecule has 0 saturated heterocycles. The molecule has 0 aliphatic rings. The molecule has 0 aliphatic carbocycles. The zero-order valence-electron chi connectivity index (χ0n) is 18.0. The zero-order valence-corrected chi connectivity index (χ0v) is 18.0.